The number of Topliss-reactive ketones (excluding diaryl/α,β-unsaturated/α-hetero) is 1. The van der Waals surface area contributed by atoms with Crippen molar-refractivity contribution in [3.05, 3.63) is 59.5 Å². The molecular weight excluding hydrogens is 372 g/mol. The molecule has 0 fully saturated rings. The van der Waals surface area contributed by atoms with Gasteiger partial charge in [0.05, 0.1) is 12.7 Å². The number of carbonyl (C=O) groups excluding carboxylic acids is 2. The van der Waals surface area contributed by atoms with Crippen LogP contribution < -0.4 is 19.9 Å². The summed E-state index contributed by atoms with van der Waals surface area (Å²) in [6.45, 7) is 2.61. The summed E-state index contributed by atoms with van der Waals surface area (Å²) < 4.78 is 18.5. The van der Waals surface area contributed by atoms with E-state index in [0.717, 1.165) is 28.8 Å². The summed E-state index contributed by atoms with van der Waals surface area (Å²) >= 11 is 0. The third-order valence-corrected chi connectivity index (χ3v) is 4.77. The van der Waals surface area contributed by atoms with Crippen molar-refractivity contribution in [2.24, 2.45) is 5.73 Å². The van der Waals surface area contributed by atoms with Gasteiger partial charge in [-0.2, -0.15) is 0 Å². The van der Waals surface area contributed by atoms with Crippen molar-refractivity contribution < 1.29 is 23.8 Å². The lowest BCUT2D eigenvalue weighted by Gasteiger charge is -2.04. The fourth-order valence-electron chi connectivity index (χ4n) is 3.36. The normalized spacial score (nSPS) is 14.1. The van der Waals surface area contributed by atoms with Gasteiger partial charge in [-0.05, 0) is 43.3 Å². The number of ether oxygens (including phenoxy) is 3. The summed E-state index contributed by atoms with van der Waals surface area (Å²) in [6, 6.07) is 10.7. The molecular formula is C22H20N2O5. The molecule has 0 bridgehead atoms. The van der Waals surface area contributed by atoms with E-state index in [1.54, 1.807) is 31.4 Å². The Bertz CT molecular complexity index is 1160. The van der Waals surface area contributed by atoms with E-state index < -0.39 is 5.91 Å². The molecule has 7 heteroatoms. The number of nitrogens with two attached hydrogens (primary N) is 1. The van der Waals surface area contributed by atoms with Crippen molar-refractivity contribution >= 4 is 28.7 Å². The van der Waals surface area contributed by atoms with Gasteiger partial charge in [-0.25, -0.2) is 0 Å². The first-order valence-electron chi connectivity index (χ1n) is 9.16. The van der Waals surface area contributed by atoms with Crippen LogP contribution in [0.15, 0.2) is 48.4 Å². The number of aromatic nitrogens is 1. The molecule has 0 radical (unpaired) electrons. The molecule has 0 atom stereocenters. The number of aryl methyl sites for hydroxylation is 1. The Kier molecular flexibility index (Phi) is 4.72. The Labute approximate surface area is 167 Å². The minimum atomic E-state index is -0.578. The summed E-state index contributed by atoms with van der Waals surface area (Å²) in [5, 5.41) is 0.969. The van der Waals surface area contributed by atoms with E-state index in [-0.39, 0.29) is 18.1 Å². The topological polar surface area (TPSA) is 92.8 Å². The number of allylic oxidation sites excluding steroid dienone is 1. The number of benzene rings is 2. The maximum Gasteiger partial charge on any atom is 0.255 e. The zero-order valence-electron chi connectivity index (χ0n) is 16.1. The Hall–Kier alpha value is -3.74. The molecule has 1 amide bonds. The third kappa shape index (κ3) is 3.42. The standard InChI is InChI=1S/C22H20N2O5/c1-3-24-11-13(17-9-14(27-2)5-7-18(17)24)8-20-22(26)16-6-4-15(10-19(16)29-20)28-12-21(23)25/h4-11H,3,12H2,1-2H3,(H2,23,25)/b20-8+. The summed E-state index contributed by atoms with van der Waals surface area (Å²) in [5.41, 5.74) is 7.45. The van der Waals surface area contributed by atoms with Crippen molar-refractivity contribution in [2.45, 2.75) is 13.5 Å². The number of carbonyl (C=O) groups is 2. The van der Waals surface area contributed by atoms with Gasteiger partial charge in [0, 0.05) is 35.3 Å². The molecule has 2 aromatic carbocycles. The summed E-state index contributed by atoms with van der Waals surface area (Å²) in [6.07, 6.45) is 3.72. The predicted molar refractivity (Wildman–Crippen MR) is 108 cm³/mol. The third-order valence-electron chi connectivity index (χ3n) is 4.77. The molecule has 0 saturated heterocycles. The highest BCUT2D eigenvalue weighted by Crippen LogP contribution is 2.36. The second kappa shape index (κ2) is 7.35. The first-order chi connectivity index (χ1) is 14.0. The van der Waals surface area contributed by atoms with Crippen LogP contribution in [0.5, 0.6) is 17.2 Å². The average Bonchev–Trinajstić information content (AvgIpc) is 3.23. The fraction of sp³-hybridized carbons (Fsp3) is 0.182. The number of hydrogen-bond acceptors (Lipinski definition) is 5. The van der Waals surface area contributed by atoms with E-state index in [2.05, 4.69) is 11.5 Å². The molecule has 7 nitrogen and oxygen atoms in total. The summed E-state index contributed by atoms with van der Waals surface area (Å²) in [7, 11) is 1.62. The molecule has 0 aliphatic carbocycles. The Balaban J connectivity index is 1.70. The number of rotatable bonds is 6. The maximum atomic E-state index is 12.8. The number of methoxy groups -OCH3 is 1. The number of hydrogen-bond donors (Lipinski definition) is 1. The molecule has 0 spiro atoms. The molecule has 1 aliphatic heterocycles. The smallest absolute Gasteiger partial charge is 0.255 e. The lowest BCUT2D eigenvalue weighted by Crippen LogP contribution is -2.19. The lowest BCUT2D eigenvalue weighted by atomic mass is 10.1. The quantitative estimate of drug-likeness (QED) is 0.651. The first kappa shape index (κ1) is 18.6. The lowest BCUT2D eigenvalue weighted by molar-refractivity contribution is -0.119. The highest BCUT2D eigenvalue weighted by atomic mass is 16.5. The van der Waals surface area contributed by atoms with Gasteiger partial charge in [0.2, 0.25) is 5.78 Å². The van der Waals surface area contributed by atoms with Gasteiger partial charge < -0.3 is 24.5 Å². The van der Waals surface area contributed by atoms with E-state index >= 15 is 0 Å². The van der Waals surface area contributed by atoms with Crippen LogP contribution in [0.25, 0.3) is 17.0 Å². The summed E-state index contributed by atoms with van der Waals surface area (Å²) in [4.78, 5) is 23.7. The van der Waals surface area contributed by atoms with E-state index in [0.29, 0.717) is 17.1 Å². The average molecular weight is 392 g/mol. The van der Waals surface area contributed by atoms with Gasteiger partial charge >= 0.3 is 0 Å². The van der Waals surface area contributed by atoms with Crippen LogP contribution in [0.3, 0.4) is 0 Å². The SMILES string of the molecule is CCn1cc(/C=C2/Oc3cc(OCC(N)=O)ccc3C2=O)c2cc(OC)ccc21. The zero-order chi connectivity index (χ0) is 20.5. The van der Waals surface area contributed by atoms with Crippen LogP contribution in [0.1, 0.15) is 22.8 Å². The van der Waals surface area contributed by atoms with Crippen LogP contribution in [-0.4, -0.2) is 30.0 Å². The maximum absolute atomic E-state index is 12.8. The van der Waals surface area contributed by atoms with Gasteiger partial charge in [-0.15, -0.1) is 0 Å². The molecule has 2 heterocycles. The van der Waals surface area contributed by atoms with Gasteiger partial charge in [-0.1, -0.05) is 0 Å². The van der Waals surface area contributed by atoms with Crippen LogP contribution >= 0.6 is 0 Å². The van der Waals surface area contributed by atoms with Crippen molar-refractivity contribution in [1.82, 2.24) is 4.57 Å². The molecule has 1 aromatic heterocycles. The number of amides is 1. The van der Waals surface area contributed by atoms with Crippen LogP contribution in [-0.2, 0) is 11.3 Å². The van der Waals surface area contributed by atoms with Crippen molar-refractivity contribution in [2.75, 3.05) is 13.7 Å². The van der Waals surface area contributed by atoms with E-state index in [9.17, 15) is 9.59 Å². The molecule has 3 aromatic rings. The molecule has 4 rings (SSSR count). The Morgan fingerprint density at radius 2 is 2.00 bits per heavy atom. The number of primary amides is 1. The summed E-state index contributed by atoms with van der Waals surface area (Å²) in [5.74, 6) is 0.978. The number of fused-ring (bicyclic) bond motifs is 2. The highest BCUT2D eigenvalue weighted by Gasteiger charge is 2.28. The minimum Gasteiger partial charge on any atom is -0.497 e. The van der Waals surface area contributed by atoms with E-state index in [1.807, 2.05) is 24.4 Å². The van der Waals surface area contributed by atoms with Crippen molar-refractivity contribution in [3.8, 4) is 17.2 Å². The zero-order valence-corrected chi connectivity index (χ0v) is 16.1. The van der Waals surface area contributed by atoms with Gasteiger partial charge in [0.25, 0.3) is 5.91 Å². The van der Waals surface area contributed by atoms with Crippen molar-refractivity contribution in [3.63, 3.8) is 0 Å². The minimum absolute atomic E-state index is 0.207. The van der Waals surface area contributed by atoms with Gasteiger partial charge in [0.15, 0.2) is 12.4 Å². The number of nitrogens with zero attached hydrogens (tertiary/aromatic N) is 1. The van der Waals surface area contributed by atoms with E-state index in [4.69, 9.17) is 19.9 Å². The Morgan fingerprint density at radius 3 is 2.72 bits per heavy atom. The Morgan fingerprint density at radius 1 is 1.21 bits per heavy atom. The second-order valence-electron chi connectivity index (χ2n) is 6.61. The van der Waals surface area contributed by atoms with Crippen molar-refractivity contribution in [1.29, 1.82) is 0 Å². The second-order valence-corrected chi connectivity index (χ2v) is 6.61. The monoisotopic (exact) mass is 392 g/mol. The van der Waals surface area contributed by atoms with E-state index in [1.165, 1.54) is 0 Å². The molecule has 0 saturated carbocycles. The molecule has 0 unspecified atom stereocenters. The van der Waals surface area contributed by atoms with Crippen LogP contribution in [0.4, 0.5) is 0 Å². The predicted octanol–water partition coefficient (Wildman–Crippen LogP) is 3.15. The molecule has 148 valence electrons. The number of ketones is 1. The van der Waals surface area contributed by atoms with Gasteiger partial charge in [0.1, 0.15) is 17.2 Å². The molecule has 1 aliphatic rings. The van der Waals surface area contributed by atoms with Crippen LogP contribution in [0.2, 0.25) is 0 Å². The van der Waals surface area contributed by atoms with Crippen LogP contribution in [0, 0.1) is 0 Å². The largest absolute Gasteiger partial charge is 0.497 e. The molecule has 29 heavy (non-hydrogen) atoms. The highest BCUT2D eigenvalue weighted by molar-refractivity contribution is 6.15. The van der Waals surface area contributed by atoms with Gasteiger partial charge in [-0.3, -0.25) is 9.59 Å². The fourth-order valence-corrected chi connectivity index (χ4v) is 3.36. The first-order valence-corrected chi connectivity index (χ1v) is 9.16. The molecule has 2 N–H and O–H groups in total.